The van der Waals surface area contributed by atoms with Crippen LogP contribution in [0, 0.1) is 11.6 Å². The summed E-state index contributed by atoms with van der Waals surface area (Å²) in [6.45, 7) is 2.61. The summed E-state index contributed by atoms with van der Waals surface area (Å²) in [7, 11) is 0. The van der Waals surface area contributed by atoms with Crippen LogP contribution >= 0.6 is 0 Å². The molecule has 2 N–H and O–H groups in total. The van der Waals surface area contributed by atoms with Crippen LogP contribution in [0.5, 0.6) is 0 Å². The van der Waals surface area contributed by atoms with Gasteiger partial charge < -0.3 is 10.6 Å². The number of nitrogens with two attached hydrogens (primary N) is 1. The summed E-state index contributed by atoms with van der Waals surface area (Å²) < 4.78 is 26.9. The Morgan fingerprint density at radius 1 is 1.04 bits per heavy atom. The van der Waals surface area contributed by atoms with Crippen LogP contribution in [0.3, 0.4) is 0 Å². The fourth-order valence-corrected chi connectivity index (χ4v) is 3.36. The number of rotatable bonds is 3. The minimum absolute atomic E-state index is 0.111. The number of anilines is 1. The lowest BCUT2D eigenvalue weighted by Gasteiger charge is -2.34. The van der Waals surface area contributed by atoms with Crippen LogP contribution in [-0.2, 0) is 6.54 Å². The molecule has 0 saturated carbocycles. The topological polar surface area (TPSA) is 75.3 Å². The molecule has 0 spiro atoms. The van der Waals surface area contributed by atoms with Crippen molar-refractivity contribution in [3.05, 3.63) is 65.5 Å². The molecule has 3 aromatic rings. The zero-order valence-electron chi connectivity index (χ0n) is 15.1. The second kappa shape index (κ2) is 7.47. The third kappa shape index (κ3) is 3.63. The van der Waals surface area contributed by atoms with Crippen LogP contribution in [0.2, 0.25) is 0 Å². The molecule has 1 fully saturated rings. The van der Waals surface area contributed by atoms with Gasteiger partial charge in [-0.05, 0) is 24.3 Å². The van der Waals surface area contributed by atoms with Gasteiger partial charge in [-0.15, -0.1) is 0 Å². The van der Waals surface area contributed by atoms with Crippen molar-refractivity contribution in [1.29, 1.82) is 0 Å². The number of amides is 1. The summed E-state index contributed by atoms with van der Waals surface area (Å²) >= 11 is 0. The Balaban J connectivity index is 1.41. The van der Waals surface area contributed by atoms with Gasteiger partial charge in [-0.25, -0.2) is 18.7 Å². The van der Waals surface area contributed by atoms with Gasteiger partial charge in [0.05, 0.1) is 17.6 Å². The molecule has 0 radical (unpaired) electrons. The first kappa shape index (κ1) is 18.2. The van der Waals surface area contributed by atoms with Crippen LogP contribution in [0.15, 0.2) is 42.5 Å². The maximum atomic E-state index is 13.9. The van der Waals surface area contributed by atoms with Crippen LogP contribution in [0.25, 0.3) is 10.9 Å². The Morgan fingerprint density at radius 2 is 1.79 bits per heavy atom. The number of hydrogen-bond donors (Lipinski definition) is 1. The first-order chi connectivity index (χ1) is 13.5. The van der Waals surface area contributed by atoms with E-state index in [0.717, 1.165) is 23.0 Å². The van der Waals surface area contributed by atoms with E-state index in [0.29, 0.717) is 44.4 Å². The standard InChI is InChI=1S/C20H19F2N5O/c21-13-5-6-14(16(22)11-13)20(28)27-9-7-26(8-10-27)12-18-24-17-4-2-1-3-15(17)19(23)25-18/h1-6,11H,7-10,12H2,(H2,23,24,25). The first-order valence-electron chi connectivity index (χ1n) is 8.99. The molecule has 0 atom stereocenters. The summed E-state index contributed by atoms with van der Waals surface area (Å²) in [5.41, 5.74) is 6.71. The normalized spacial score (nSPS) is 15.1. The number of nitrogens with zero attached hydrogens (tertiary/aromatic N) is 4. The van der Waals surface area contributed by atoms with Crippen molar-refractivity contribution in [1.82, 2.24) is 19.8 Å². The lowest BCUT2D eigenvalue weighted by atomic mass is 10.1. The summed E-state index contributed by atoms with van der Waals surface area (Å²) in [5, 5.41) is 0.822. The number of piperazine rings is 1. The number of carbonyl (C=O) groups excluding carboxylic acids is 1. The molecule has 1 aliphatic rings. The van der Waals surface area contributed by atoms with Gasteiger partial charge in [0.1, 0.15) is 23.3 Å². The Kier molecular flexibility index (Phi) is 4.87. The monoisotopic (exact) mass is 383 g/mol. The molecule has 1 aliphatic heterocycles. The van der Waals surface area contributed by atoms with Gasteiger partial charge in [0.2, 0.25) is 0 Å². The van der Waals surface area contributed by atoms with Gasteiger partial charge in [0.15, 0.2) is 0 Å². The number of aromatic nitrogens is 2. The minimum atomic E-state index is -0.840. The summed E-state index contributed by atoms with van der Waals surface area (Å²) in [5.74, 6) is -0.897. The fraction of sp³-hybridized carbons (Fsp3) is 0.250. The highest BCUT2D eigenvalue weighted by Gasteiger charge is 2.24. The molecule has 8 heteroatoms. The SMILES string of the molecule is Nc1nc(CN2CCN(C(=O)c3ccc(F)cc3F)CC2)nc2ccccc12. The molecular weight excluding hydrogens is 364 g/mol. The second-order valence-electron chi connectivity index (χ2n) is 6.73. The smallest absolute Gasteiger partial charge is 0.256 e. The maximum Gasteiger partial charge on any atom is 0.256 e. The van der Waals surface area contributed by atoms with Crippen molar-refractivity contribution in [2.75, 3.05) is 31.9 Å². The van der Waals surface area contributed by atoms with E-state index in [1.807, 2.05) is 24.3 Å². The molecule has 2 heterocycles. The Labute approximate surface area is 160 Å². The van der Waals surface area contributed by atoms with Gasteiger partial charge in [0, 0.05) is 37.6 Å². The van der Waals surface area contributed by atoms with E-state index in [1.54, 1.807) is 4.90 Å². The highest BCUT2D eigenvalue weighted by atomic mass is 19.1. The van der Waals surface area contributed by atoms with E-state index in [-0.39, 0.29) is 5.56 Å². The number of carbonyl (C=O) groups is 1. The lowest BCUT2D eigenvalue weighted by molar-refractivity contribution is 0.0621. The molecule has 4 rings (SSSR count). The number of para-hydroxylation sites is 1. The van der Waals surface area contributed by atoms with Crippen molar-refractivity contribution < 1.29 is 13.6 Å². The summed E-state index contributed by atoms with van der Waals surface area (Å²) in [6, 6.07) is 10.6. The lowest BCUT2D eigenvalue weighted by Crippen LogP contribution is -2.48. The molecule has 0 unspecified atom stereocenters. The Hall–Kier alpha value is -3.13. The van der Waals surface area contributed by atoms with Crippen molar-refractivity contribution in [2.24, 2.45) is 0 Å². The molecule has 1 saturated heterocycles. The maximum absolute atomic E-state index is 13.9. The summed E-state index contributed by atoms with van der Waals surface area (Å²) in [6.07, 6.45) is 0. The average molecular weight is 383 g/mol. The molecule has 6 nitrogen and oxygen atoms in total. The van der Waals surface area contributed by atoms with Crippen LogP contribution in [0.4, 0.5) is 14.6 Å². The van der Waals surface area contributed by atoms with Crippen molar-refractivity contribution in [2.45, 2.75) is 6.54 Å². The van der Waals surface area contributed by atoms with Crippen LogP contribution < -0.4 is 5.73 Å². The molecule has 1 aromatic heterocycles. The fourth-order valence-electron chi connectivity index (χ4n) is 3.36. The quantitative estimate of drug-likeness (QED) is 0.752. The Morgan fingerprint density at radius 3 is 2.54 bits per heavy atom. The third-order valence-electron chi connectivity index (χ3n) is 4.87. The van der Waals surface area contributed by atoms with E-state index in [4.69, 9.17) is 5.73 Å². The largest absolute Gasteiger partial charge is 0.383 e. The zero-order chi connectivity index (χ0) is 19.7. The molecule has 28 heavy (non-hydrogen) atoms. The molecule has 0 aliphatic carbocycles. The Bertz CT molecular complexity index is 1030. The van der Waals surface area contributed by atoms with E-state index < -0.39 is 17.5 Å². The third-order valence-corrected chi connectivity index (χ3v) is 4.87. The molecule has 144 valence electrons. The number of benzene rings is 2. The predicted molar refractivity (Wildman–Crippen MR) is 101 cm³/mol. The average Bonchev–Trinajstić information content (AvgIpc) is 2.68. The van der Waals surface area contributed by atoms with Gasteiger partial charge >= 0.3 is 0 Å². The molecule has 2 aromatic carbocycles. The highest BCUT2D eigenvalue weighted by molar-refractivity contribution is 5.94. The van der Waals surface area contributed by atoms with Crippen molar-refractivity contribution >= 4 is 22.6 Å². The van der Waals surface area contributed by atoms with E-state index in [1.165, 1.54) is 6.07 Å². The first-order valence-corrected chi connectivity index (χ1v) is 8.99. The van der Waals surface area contributed by atoms with E-state index in [2.05, 4.69) is 14.9 Å². The van der Waals surface area contributed by atoms with Gasteiger partial charge in [-0.3, -0.25) is 9.69 Å². The van der Waals surface area contributed by atoms with E-state index >= 15 is 0 Å². The molecule has 0 bridgehead atoms. The molecular formula is C20H19F2N5O. The molecule has 1 amide bonds. The van der Waals surface area contributed by atoms with Gasteiger partial charge in [0.25, 0.3) is 5.91 Å². The highest BCUT2D eigenvalue weighted by Crippen LogP contribution is 2.19. The van der Waals surface area contributed by atoms with Gasteiger partial charge in [-0.2, -0.15) is 0 Å². The summed E-state index contributed by atoms with van der Waals surface area (Å²) in [4.78, 5) is 25.1. The van der Waals surface area contributed by atoms with Gasteiger partial charge in [-0.1, -0.05) is 12.1 Å². The van der Waals surface area contributed by atoms with Crippen LogP contribution in [-0.4, -0.2) is 51.9 Å². The second-order valence-corrected chi connectivity index (χ2v) is 6.73. The minimum Gasteiger partial charge on any atom is -0.383 e. The van der Waals surface area contributed by atoms with Crippen LogP contribution in [0.1, 0.15) is 16.2 Å². The van der Waals surface area contributed by atoms with Crippen molar-refractivity contribution in [3.63, 3.8) is 0 Å². The number of hydrogen-bond acceptors (Lipinski definition) is 5. The number of halogens is 2. The number of fused-ring (bicyclic) bond motifs is 1. The predicted octanol–water partition coefficient (Wildman–Crippen LogP) is 2.45. The van der Waals surface area contributed by atoms with Crippen molar-refractivity contribution in [3.8, 4) is 0 Å². The van der Waals surface area contributed by atoms with E-state index in [9.17, 15) is 13.6 Å². The number of nitrogen functional groups attached to an aromatic ring is 1. The zero-order valence-corrected chi connectivity index (χ0v) is 15.1.